The molecule has 0 saturated heterocycles. The first-order valence-corrected chi connectivity index (χ1v) is 8.06. The molecule has 0 fully saturated rings. The number of hydrogen-bond donors (Lipinski definition) is 2. The highest BCUT2D eigenvalue weighted by atomic mass is 79.9. The minimum Gasteiger partial charge on any atom is -0.379 e. The average molecular weight is 366 g/mol. The maximum Gasteiger partial charge on any atom is 0.269 e. The predicted octanol–water partition coefficient (Wildman–Crippen LogP) is 3.38. The molecule has 0 aliphatic carbocycles. The molecule has 1 heterocycles. The second-order valence-electron chi connectivity index (χ2n) is 5.20. The first-order valence-electron chi connectivity index (χ1n) is 7.27. The number of H-pyrrole nitrogens is 1. The number of amides is 1. The van der Waals surface area contributed by atoms with Crippen LogP contribution in [0.3, 0.4) is 0 Å². The Labute approximate surface area is 138 Å². The number of aromatic nitrogens is 2. The Hall–Kier alpha value is -1.66. The molecule has 0 atom stereocenters. The zero-order valence-electron chi connectivity index (χ0n) is 12.7. The molecule has 2 N–H and O–H groups in total. The summed E-state index contributed by atoms with van der Waals surface area (Å²) in [5.41, 5.74) is 2.17. The number of ether oxygens (including phenoxy) is 1. The Bertz CT molecular complexity index is 608. The minimum atomic E-state index is -0.152. The van der Waals surface area contributed by atoms with E-state index < -0.39 is 0 Å². The van der Waals surface area contributed by atoms with Crippen LogP contribution in [0, 0.1) is 0 Å². The van der Waals surface area contributed by atoms with Crippen molar-refractivity contribution in [3.05, 3.63) is 40.5 Å². The first kappa shape index (κ1) is 16.7. The van der Waals surface area contributed by atoms with Crippen molar-refractivity contribution in [1.82, 2.24) is 15.5 Å². The zero-order valence-corrected chi connectivity index (χ0v) is 14.3. The van der Waals surface area contributed by atoms with Crippen molar-refractivity contribution in [3.8, 4) is 11.3 Å². The highest BCUT2D eigenvalue weighted by molar-refractivity contribution is 9.10. The van der Waals surface area contributed by atoms with Gasteiger partial charge in [0.1, 0.15) is 5.69 Å². The molecule has 0 aliphatic rings. The predicted molar refractivity (Wildman–Crippen MR) is 89.8 cm³/mol. The third kappa shape index (κ3) is 4.96. The molecular formula is C16H20BrN3O2. The Morgan fingerprint density at radius 2 is 2.09 bits per heavy atom. The standard InChI is InChI=1S/C16H20BrN3O2/c1-11(2)22-9-3-8-18-16(21)15-10-14(19-20-15)12-4-6-13(17)7-5-12/h4-7,10-11H,3,8-9H2,1-2H3,(H,18,21)(H,19,20). The summed E-state index contributed by atoms with van der Waals surface area (Å²) in [5, 5.41) is 9.80. The van der Waals surface area contributed by atoms with Crippen LogP contribution in [-0.4, -0.2) is 35.4 Å². The van der Waals surface area contributed by atoms with Gasteiger partial charge in [0.25, 0.3) is 5.91 Å². The molecule has 0 spiro atoms. The Kier molecular flexibility index (Phi) is 6.15. The van der Waals surface area contributed by atoms with E-state index in [0.29, 0.717) is 18.8 Å². The van der Waals surface area contributed by atoms with Gasteiger partial charge >= 0.3 is 0 Å². The summed E-state index contributed by atoms with van der Waals surface area (Å²) in [7, 11) is 0. The molecule has 6 heteroatoms. The minimum absolute atomic E-state index is 0.152. The number of aromatic amines is 1. The number of rotatable bonds is 7. The third-order valence-corrected chi connectivity index (χ3v) is 3.55. The molecule has 0 radical (unpaired) electrons. The van der Waals surface area contributed by atoms with E-state index in [1.54, 1.807) is 6.07 Å². The lowest BCUT2D eigenvalue weighted by molar-refractivity contribution is 0.0756. The van der Waals surface area contributed by atoms with Gasteiger partial charge in [-0.3, -0.25) is 9.89 Å². The molecule has 1 aromatic heterocycles. The lowest BCUT2D eigenvalue weighted by Gasteiger charge is -2.07. The number of benzene rings is 1. The quantitative estimate of drug-likeness (QED) is 0.739. The molecule has 2 aromatic rings. The van der Waals surface area contributed by atoms with Crippen LogP contribution in [0.2, 0.25) is 0 Å². The van der Waals surface area contributed by atoms with E-state index in [4.69, 9.17) is 4.74 Å². The summed E-state index contributed by atoms with van der Waals surface area (Å²) in [4.78, 5) is 12.0. The fourth-order valence-electron chi connectivity index (χ4n) is 1.89. The van der Waals surface area contributed by atoms with Crippen LogP contribution in [0.1, 0.15) is 30.8 Å². The number of halogens is 1. The Balaban J connectivity index is 1.85. The highest BCUT2D eigenvalue weighted by Crippen LogP contribution is 2.20. The number of hydrogen-bond acceptors (Lipinski definition) is 3. The van der Waals surface area contributed by atoms with Gasteiger partial charge in [-0.2, -0.15) is 5.10 Å². The van der Waals surface area contributed by atoms with Crippen LogP contribution >= 0.6 is 15.9 Å². The van der Waals surface area contributed by atoms with E-state index in [0.717, 1.165) is 22.2 Å². The molecule has 5 nitrogen and oxygen atoms in total. The summed E-state index contributed by atoms with van der Waals surface area (Å²) in [6, 6.07) is 9.54. The van der Waals surface area contributed by atoms with E-state index in [-0.39, 0.29) is 12.0 Å². The second kappa shape index (κ2) is 8.10. The number of nitrogens with one attached hydrogen (secondary N) is 2. The largest absolute Gasteiger partial charge is 0.379 e. The molecule has 0 unspecified atom stereocenters. The lowest BCUT2D eigenvalue weighted by atomic mass is 10.1. The number of carbonyl (C=O) groups is 1. The van der Waals surface area contributed by atoms with Crippen LogP contribution in [0.15, 0.2) is 34.8 Å². The summed E-state index contributed by atoms with van der Waals surface area (Å²) in [6.07, 6.45) is 1.01. The SMILES string of the molecule is CC(C)OCCCNC(=O)c1cc(-c2ccc(Br)cc2)n[nH]1. The van der Waals surface area contributed by atoms with Crippen molar-refractivity contribution < 1.29 is 9.53 Å². The zero-order chi connectivity index (χ0) is 15.9. The Morgan fingerprint density at radius 3 is 2.77 bits per heavy atom. The third-order valence-electron chi connectivity index (χ3n) is 3.02. The average Bonchev–Trinajstić information content (AvgIpc) is 2.97. The number of nitrogens with zero attached hydrogens (tertiary/aromatic N) is 1. The summed E-state index contributed by atoms with van der Waals surface area (Å²) >= 11 is 3.39. The van der Waals surface area contributed by atoms with Gasteiger partial charge in [0, 0.05) is 23.2 Å². The van der Waals surface area contributed by atoms with Gasteiger partial charge in [-0.05, 0) is 38.5 Å². The van der Waals surface area contributed by atoms with Crippen molar-refractivity contribution in [1.29, 1.82) is 0 Å². The molecular weight excluding hydrogens is 346 g/mol. The second-order valence-corrected chi connectivity index (χ2v) is 6.12. The summed E-state index contributed by atoms with van der Waals surface area (Å²) in [5.74, 6) is -0.152. The number of carbonyl (C=O) groups excluding carboxylic acids is 1. The van der Waals surface area contributed by atoms with Crippen LogP contribution in [0.25, 0.3) is 11.3 Å². The van der Waals surface area contributed by atoms with Gasteiger partial charge in [-0.15, -0.1) is 0 Å². The summed E-state index contributed by atoms with van der Waals surface area (Å²) < 4.78 is 6.43. The van der Waals surface area contributed by atoms with Crippen LogP contribution < -0.4 is 5.32 Å². The van der Waals surface area contributed by atoms with Crippen molar-refractivity contribution in [2.45, 2.75) is 26.4 Å². The van der Waals surface area contributed by atoms with Crippen molar-refractivity contribution in [3.63, 3.8) is 0 Å². The van der Waals surface area contributed by atoms with Crippen molar-refractivity contribution >= 4 is 21.8 Å². The smallest absolute Gasteiger partial charge is 0.269 e. The van der Waals surface area contributed by atoms with Crippen LogP contribution in [0.5, 0.6) is 0 Å². The molecule has 2 rings (SSSR count). The maximum atomic E-state index is 12.0. The van der Waals surface area contributed by atoms with E-state index in [1.807, 2.05) is 38.1 Å². The lowest BCUT2D eigenvalue weighted by Crippen LogP contribution is -2.25. The van der Waals surface area contributed by atoms with Gasteiger partial charge in [0.2, 0.25) is 0 Å². The van der Waals surface area contributed by atoms with Crippen molar-refractivity contribution in [2.75, 3.05) is 13.2 Å². The van der Waals surface area contributed by atoms with Crippen molar-refractivity contribution in [2.24, 2.45) is 0 Å². The maximum absolute atomic E-state index is 12.0. The van der Waals surface area contributed by atoms with Gasteiger partial charge in [-0.25, -0.2) is 0 Å². The highest BCUT2D eigenvalue weighted by Gasteiger charge is 2.10. The van der Waals surface area contributed by atoms with Crippen LogP contribution in [0.4, 0.5) is 0 Å². The van der Waals surface area contributed by atoms with Crippen LogP contribution in [-0.2, 0) is 4.74 Å². The fraction of sp³-hybridized carbons (Fsp3) is 0.375. The van der Waals surface area contributed by atoms with E-state index in [1.165, 1.54) is 0 Å². The van der Waals surface area contributed by atoms with Gasteiger partial charge in [0.15, 0.2) is 0 Å². The Morgan fingerprint density at radius 1 is 1.36 bits per heavy atom. The monoisotopic (exact) mass is 365 g/mol. The topological polar surface area (TPSA) is 67.0 Å². The fourth-order valence-corrected chi connectivity index (χ4v) is 2.16. The van der Waals surface area contributed by atoms with Gasteiger partial charge < -0.3 is 10.1 Å². The van der Waals surface area contributed by atoms with Gasteiger partial charge in [-0.1, -0.05) is 28.1 Å². The molecule has 118 valence electrons. The molecule has 0 saturated carbocycles. The first-order chi connectivity index (χ1) is 10.6. The molecule has 1 aromatic carbocycles. The van der Waals surface area contributed by atoms with E-state index in [9.17, 15) is 4.79 Å². The normalized spacial score (nSPS) is 10.9. The van der Waals surface area contributed by atoms with Gasteiger partial charge in [0.05, 0.1) is 11.8 Å². The van der Waals surface area contributed by atoms with E-state index >= 15 is 0 Å². The molecule has 22 heavy (non-hydrogen) atoms. The molecule has 0 aliphatic heterocycles. The molecule has 0 bridgehead atoms. The molecule has 1 amide bonds. The van der Waals surface area contributed by atoms with E-state index in [2.05, 4.69) is 31.4 Å². The summed E-state index contributed by atoms with van der Waals surface area (Å²) in [6.45, 7) is 5.21.